The number of rotatable bonds is 9. The fourth-order valence-electron chi connectivity index (χ4n) is 2.92. The standard InChI is InChI=1S/C18H34N2O3.ClH/c1-14(2)8-11-19(12-9-15(3)4)17(21)13-20-10-6-5-7-16(20)18(22)23;/h14-16H,5-13H2,1-4H3,(H,22,23);1H. The Labute approximate surface area is 153 Å². The Bertz CT molecular complexity index is 376. The molecular formula is C18H35ClN2O3. The molecule has 1 heterocycles. The fraction of sp³-hybridized carbons (Fsp3) is 0.889. The number of halogens is 1. The maximum Gasteiger partial charge on any atom is 0.320 e. The molecule has 1 unspecified atom stereocenters. The Morgan fingerprint density at radius 3 is 2.08 bits per heavy atom. The highest BCUT2D eigenvalue weighted by Gasteiger charge is 2.30. The number of hydrogen-bond acceptors (Lipinski definition) is 3. The number of likely N-dealkylation sites (tertiary alicyclic amines) is 1. The lowest BCUT2D eigenvalue weighted by molar-refractivity contribution is -0.146. The number of nitrogens with zero attached hydrogens (tertiary/aromatic N) is 2. The van der Waals surface area contributed by atoms with E-state index in [9.17, 15) is 14.7 Å². The molecule has 1 saturated heterocycles. The fourth-order valence-corrected chi connectivity index (χ4v) is 2.92. The van der Waals surface area contributed by atoms with Gasteiger partial charge in [0.1, 0.15) is 6.04 Å². The van der Waals surface area contributed by atoms with E-state index in [0.717, 1.165) is 38.8 Å². The number of carboxylic acids is 1. The van der Waals surface area contributed by atoms with E-state index in [1.165, 1.54) is 0 Å². The molecule has 0 aromatic rings. The quantitative estimate of drug-likeness (QED) is 0.683. The molecule has 0 aliphatic carbocycles. The minimum atomic E-state index is -0.798. The van der Waals surface area contributed by atoms with Crippen LogP contribution in [0.1, 0.15) is 59.8 Å². The highest BCUT2D eigenvalue weighted by atomic mass is 35.5. The third-order valence-electron chi connectivity index (χ3n) is 4.54. The van der Waals surface area contributed by atoms with Gasteiger partial charge in [-0.2, -0.15) is 0 Å². The van der Waals surface area contributed by atoms with Crippen molar-refractivity contribution in [1.82, 2.24) is 9.80 Å². The Balaban J connectivity index is 0.00000529. The lowest BCUT2D eigenvalue weighted by atomic mass is 10.0. The van der Waals surface area contributed by atoms with Gasteiger partial charge in [0.15, 0.2) is 0 Å². The summed E-state index contributed by atoms with van der Waals surface area (Å²) in [4.78, 5) is 27.9. The number of amides is 1. The average molecular weight is 363 g/mol. The Hall–Kier alpha value is -0.810. The normalized spacial score (nSPS) is 18.5. The highest BCUT2D eigenvalue weighted by molar-refractivity contribution is 5.85. The molecule has 5 nitrogen and oxygen atoms in total. The summed E-state index contributed by atoms with van der Waals surface area (Å²) < 4.78 is 0. The summed E-state index contributed by atoms with van der Waals surface area (Å²) in [5.74, 6) is 0.407. The Morgan fingerprint density at radius 1 is 1.08 bits per heavy atom. The number of carbonyl (C=O) groups excluding carboxylic acids is 1. The topological polar surface area (TPSA) is 60.9 Å². The van der Waals surface area contributed by atoms with Gasteiger partial charge in [-0.3, -0.25) is 14.5 Å². The van der Waals surface area contributed by atoms with Crippen molar-refractivity contribution >= 4 is 24.3 Å². The summed E-state index contributed by atoms with van der Waals surface area (Å²) in [6.07, 6.45) is 4.56. The van der Waals surface area contributed by atoms with Crippen molar-refractivity contribution in [2.24, 2.45) is 11.8 Å². The van der Waals surface area contributed by atoms with Crippen LogP contribution in [0.5, 0.6) is 0 Å². The van der Waals surface area contributed by atoms with Crippen LogP contribution in [0.3, 0.4) is 0 Å². The summed E-state index contributed by atoms with van der Waals surface area (Å²) in [6, 6.07) is -0.496. The second-order valence-corrected chi connectivity index (χ2v) is 7.57. The first kappa shape index (κ1) is 23.2. The predicted molar refractivity (Wildman–Crippen MR) is 99.6 cm³/mol. The second-order valence-electron chi connectivity index (χ2n) is 7.57. The number of piperidine rings is 1. The zero-order valence-electron chi connectivity index (χ0n) is 15.7. The monoisotopic (exact) mass is 362 g/mol. The van der Waals surface area contributed by atoms with Crippen molar-refractivity contribution in [2.75, 3.05) is 26.2 Å². The van der Waals surface area contributed by atoms with Crippen LogP contribution in [0.15, 0.2) is 0 Å². The Kier molecular flexibility index (Phi) is 11.3. The van der Waals surface area contributed by atoms with E-state index >= 15 is 0 Å². The number of aliphatic carboxylic acids is 1. The molecule has 1 atom stereocenters. The molecule has 0 aromatic carbocycles. The van der Waals surface area contributed by atoms with Crippen LogP contribution in [0.4, 0.5) is 0 Å². The molecule has 1 amide bonds. The molecule has 0 spiro atoms. The van der Waals surface area contributed by atoms with Crippen LogP contribution in [0, 0.1) is 11.8 Å². The Morgan fingerprint density at radius 2 is 1.62 bits per heavy atom. The van der Waals surface area contributed by atoms with Crippen LogP contribution < -0.4 is 0 Å². The minimum absolute atomic E-state index is 0. The number of hydrogen-bond donors (Lipinski definition) is 1. The van der Waals surface area contributed by atoms with Crippen molar-refractivity contribution in [2.45, 2.75) is 65.8 Å². The van der Waals surface area contributed by atoms with Crippen molar-refractivity contribution in [3.8, 4) is 0 Å². The van der Waals surface area contributed by atoms with E-state index < -0.39 is 12.0 Å². The molecule has 1 aliphatic rings. The van der Waals surface area contributed by atoms with E-state index in [4.69, 9.17) is 0 Å². The molecule has 0 radical (unpaired) electrons. The zero-order valence-corrected chi connectivity index (χ0v) is 16.5. The molecule has 1 aliphatic heterocycles. The van der Waals surface area contributed by atoms with E-state index in [-0.39, 0.29) is 24.9 Å². The molecule has 142 valence electrons. The smallest absolute Gasteiger partial charge is 0.320 e. The van der Waals surface area contributed by atoms with Gasteiger partial charge < -0.3 is 10.0 Å². The van der Waals surface area contributed by atoms with Crippen molar-refractivity contribution in [3.05, 3.63) is 0 Å². The van der Waals surface area contributed by atoms with E-state index in [1.54, 1.807) is 0 Å². The first-order valence-corrected chi connectivity index (χ1v) is 9.05. The molecule has 0 aromatic heterocycles. The third-order valence-corrected chi connectivity index (χ3v) is 4.54. The summed E-state index contributed by atoms with van der Waals surface area (Å²) in [5, 5.41) is 9.35. The summed E-state index contributed by atoms with van der Waals surface area (Å²) in [7, 11) is 0. The van der Waals surface area contributed by atoms with Gasteiger partial charge >= 0.3 is 5.97 Å². The first-order valence-electron chi connectivity index (χ1n) is 9.05. The van der Waals surface area contributed by atoms with Crippen molar-refractivity contribution in [1.29, 1.82) is 0 Å². The van der Waals surface area contributed by atoms with Crippen LogP contribution >= 0.6 is 12.4 Å². The molecule has 0 saturated carbocycles. The van der Waals surface area contributed by atoms with Crippen molar-refractivity contribution < 1.29 is 14.7 Å². The predicted octanol–water partition coefficient (Wildman–Crippen LogP) is 3.27. The largest absolute Gasteiger partial charge is 0.480 e. The maximum atomic E-state index is 12.7. The SMILES string of the molecule is CC(C)CCN(CCC(C)C)C(=O)CN1CCCCC1C(=O)O.Cl. The van der Waals surface area contributed by atoms with Gasteiger partial charge in [0.05, 0.1) is 6.54 Å². The number of carbonyl (C=O) groups is 2. The summed E-state index contributed by atoms with van der Waals surface area (Å²) in [6.45, 7) is 11.2. The highest BCUT2D eigenvalue weighted by Crippen LogP contribution is 2.17. The van der Waals surface area contributed by atoms with Gasteiger partial charge in [0.25, 0.3) is 0 Å². The second kappa shape index (κ2) is 11.7. The van der Waals surface area contributed by atoms with Gasteiger partial charge in [-0.05, 0) is 44.1 Å². The van der Waals surface area contributed by atoms with Gasteiger partial charge in [-0.25, -0.2) is 0 Å². The van der Waals surface area contributed by atoms with Gasteiger partial charge in [-0.15, -0.1) is 12.4 Å². The molecule has 1 N–H and O–H groups in total. The molecular weight excluding hydrogens is 328 g/mol. The van der Waals surface area contributed by atoms with Crippen LogP contribution in [0.2, 0.25) is 0 Å². The number of carboxylic acid groups (broad SMARTS) is 1. The molecule has 1 rings (SSSR count). The van der Waals surface area contributed by atoms with E-state index in [2.05, 4.69) is 27.7 Å². The van der Waals surface area contributed by atoms with Gasteiger partial charge in [-0.1, -0.05) is 34.1 Å². The first-order chi connectivity index (χ1) is 10.8. The molecule has 0 bridgehead atoms. The van der Waals surface area contributed by atoms with Gasteiger partial charge in [0.2, 0.25) is 5.91 Å². The average Bonchev–Trinajstić information content (AvgIpc) is 2.46. The lowest BCUT2D eigenvalue weighted by Gasteiger charge is -2.34. The molecule has 24 heavy (non-hydrogen) atoms. The molecule has 1 fully saturated rings. The van der Waals surface area contributed by atoms with Crippen LogP contribution in [-0.4, -0.2) is 59.0 Å². The summed E-state index contributed by atoms with van der Waals surface area (Å²) in [5.41, 5.74) is 0. The van der Waals surface area contributed by atoms with Crippen molar-refractivity contribution in [3.63, 3.8) is 0 Å². The molecule has 6 heteroatoms. The van der Waals surface area contributed by atoms with Gasteiger partial charge in [0, 0.05) is 13.1 Å². The maximum absolute atomic E-state index is 12.7. The van der Waals surface area contributed by atoms with E-state index in [0.29, 0.717) is 24.8 Å². The van der Waals surface area contributed by atoms with Crippen LogP contribution in [-0.2, 0) is 9.59 Å². The van der Waals surface area contributed by atoms with E-state index in [1.807, 2.05) is 9.80 Å². The lowest BCUT2D eigenvalue weighted by Crippen LogP contribution is -2.50. The summed E-state index contributed by atoms with van der Waals surface area (Å²) >= 11 is 0. The minimum Gasteiger partial charge on any atom is -0.480 e. The third kappa shape index (κ3) is 8.34. The van der Waals surface area contributed by atoms with Crippen LogP contribution in [0.25, 0.3) is 0 Å². The zero-order chi connectivity index (χ0) is 17.4.